The number of sulfonamides is 1. The highest BCUT2D eigenvalue weighted by atomic mass is 127. The van der Waals surface area contributed by atoms with Crippen LogP contribution in [0.5, 0.6) is 0 Å². The van der Waals surface area contributed by atoms with Gasteiger partial charge in [0.1, 0.15) is 0 Å². The van der Waals surface area contributed by atoms with Crippen molar-refractivity contribution in [2.24, 2.45) is 4.99 Å². The van der Waals surface area contributed by atoms with Gasteiger partial charge in [-0.2, -0.15) is 11.8 Å². The molecule has 0 aromatic heterocycles. The minimum Gasteiger partial charge on any atom is -0.352 e. The average Bonchev–Trinajstić information content (AvgIpc) is 2.55. The quantitative estimate of drug-likeness (QED) is 0.378. The molecule has 0 spiro atoms. The van der Waals surface area contributed by atoms with Crippen LogP contribution in [0.15, 0.2) is 34.2 Å². The highest BCUT2D eigenvalue weighted by Gasteiger charge is 2.28. The Kier molecular flexibility index (Phi) is 8.49. The van der Waals surface area contributed by atoms with Gasteiger partial charge in [-0.3, -0.25) is 4.99 Å². The second kappa shape index (κ2) is 9.43. The molecule has 0 unspecified atom stereocenters. The van der Waals surface area contributed by atoms with E-state index < -0.39 is 10.0 Å². The fourth-order valence-electron chi connectivity index (χ4n) is 2.61. The summed E-state index contributed by atoms with van der Waals surface area (Å²) < 4.78 is 26.0. The normalized spacial score (nSPS) is 17.8. The van der Waals surface area contributed by atoms with Crippen molar-refractivity contribution in [3.05, 3.63) is 29.8 Å². The van der Waals surface area contributed by atoms with E-state index in [9.17, 15) is 8.42 Å². The lowest BCUT2D eigenvalue weighted by Crippen LogP contribution is -2.50. The zero-order valence-electron chi connectivity index (χ0n) is 15.1. The molecule has 2 rings (SSSR count). The summed E-state index contributed by atoms with van der Waals surface area (Å²) in [6, 6.07) is 6.87. The summed E-state index contributed by atoms with van der Waals surface area (Å²) in [5, 5.41) is 3.37. The molecule has 9 heteroatoms. The lowest BCUT2D eigenvalue weighted by atomic mass is 10.2. The molecule has 1 heterocycles. The van der Waals surface area contributed by atoms with Gasteiger partial charge < -0.3 is 10.2 Å². The molecule has 0 saturated carbocycles. The predicted molar refractivity (Wildman–Crippen MR) is 116 cm³/mol. The Labute approximate surface area is 172 Å². The molecule has 142 valence electrons. The van der Waals surface area contributed by atoms with Crippen molar-refractivity contribution in [3.8, 4) is 0 Å². The minimum absolute atomic E-state index is 0. The van der Waals surface area contributed by atoms with Crippen LogP contribution < -0.4 is 10.0 Å². The van der Waals surface area contributed by atoms with E-state index in [1.54, 1.807) is 19.2 Å². The number of guanidine groups is 1. The van der Waals surface area contributed by atoms with E-state index in [2.05, 4.69) is 33.8 Å². The summed E-state index contributed by atoms with van der Waals surface area (Å²) in [5.74, 6) is 1.97. The molecule has 0 atom stereocenters. The SMILES string of the molecule is CN=C(NCc1ccc(S(=O)(=O)NC)cc1)N1CCSC(C)(C)C1.I. The Morgan fingerprint density at radius 1 is 1.32 bits per heavy atom. The van der Waals surface area contributed by atoms with Crippen LogP contribution in [0.2, 0.25) is 0 Å². The van der Waals surface area contributed by atoms with Crippen LogP contribution in [-0.2, 0) is 16.6 Å². The molecule has 0 amide bonds. The molecular formula is C16H27IN4O2S2. The fraction of sp³-hybridized carbons (Fsp3) is 0.562. The maximum atomic E-state index is 11.7. The van der Waals surface area contributed by atoms with Crippen molar-refractivity contribution in [1.82, 2.24) is 14.9 Å². The summed E-state index contributed by atoms with van der Waals surface area (Å²) >= 11 is 1.99. The van der Waals surface area contributed by atoms with Crippen LogP contribution in [-0.4, -0.2) is 57.0 Å². The first-order valence-corrected chi connectivity index (χ1v) is 10.4. The smallest absolute Gasteiger partial charge is 0.240 e. The minimum atomic E-state index is -3.39. The molecule has 1 saturated heterocycles. The maximum absolute atomic E-state index is 11.7. The van der Waals surface area contributed by atoms with Gasteiger partial charge in [-0.15, -0.1) is 24.0 Å². The van der Waals surface area contributed by atoms with Gasteiger partial charge in [0.05, 0.1) is 4.90 Å². The molecule has 2 N–H and O–H groups in total. The number of halogens is 1. The molecule has 1 aliphatic heterocycles. The maximum Gasteiger partial charge on any atom is 0.240 e. The number of aliphatic imine (C=N–C) groups is 1. The van der Waals surface area contributed by atoms with Crippen molar-refractivity contribution in [3.63, 3.8) is 0 Å². The van der Waals surface area contributed by atoms with Gasteiger partial charge in [0.15, 0.2) is 5.96 Å². The topological polar surface area (TPSA) is 73.8 Å². The van der Waals surface area contributed by atoms with Crippen molar-refractivity contribution in [1.29, 1.82) is 0 Å². The van der Waals surface area contributed by atoms with Gasteiger partial charge >= 0.3 is 0 Å². The third kappa shape index (κ3) is 6.30. The Bertz CT molecular complexity index is 691. The number of hydrogen-bond donors (Lipinski definition) is 2. The lowest BCUT2D eigenvalue weighted by molar-refractivity contribution is 0.375. The fourth-order valence-corrected chi connectivity index (χ4v) is 4.46. The number of nitrogens with one attached hydrogen (secondary N) is 2. The second-order valence-electron chi connectivity index (χ2n) is 6.28. The van der Waals surface area contributed by atoms with Gasteiger partial charge in [0.2, 0.25) is 10.0 Å². The van der Waals surface area contributed by atoms with Gasteiger partial charge in [-0.1, -0.05) is 12.1 Å². The van der Waals surface area contributed by atoms with E-state index >= 15 is 0 Å². The standard InChI is InChI=1S/C16H26N4O2S2.HI/c1-16(2)12-20(9-10-23-16)15(17-3)19-11-13-5-7-14(8-6-13)24(21,22)18-4;/h5-8,18H,9-12H2,1-4H3,(H,17,19);1H. The first kappa shape index (κ1) is 22.5. The number of thioether (sulfide) groups is 1. The van der Waals surface area contributed by atoms with Gasteiger partial charge in [0.25, 0.3) is 0 Å². The third-order valence-electron chi connectivity index (χ3n) is 3.89. The first-order valence-electron chi connectivity index (χ1n) is 7.89. The van der Waals surface area contributed by atoms with E-state index in [1.807, 2.05) is 23.9 Å². The highest BCUT2D eigenvalue weighted by Crippen LogP contribution is 2.29. The molecule has 1 fully saturated rings. The third-order valence-corrected chi connectivity index (χ3v) is 6.62. The predicted octanol–water partition coefficient (Wildman–Crippen LogP) is 2.12. The number of benzene rings is 1. The molecule has 0 aliphatic carbocycles. The number of rotatable bonds is 4. The van der Waals surface area contributed by atoms with Crippen molar-refractivity contribution >= 4 is 51.7 Å². The Morgan fingerprint density at radius 3 is 2.48 bits per heavy atom. The summed E-state index contributed by atoms with van der Waals surface area (Å²) in [5.41, 5.74) is 1.01. The van der Waals surface area contributed by atoms with E-state index in [0.717, 1.165) is 30.4 Å². The average molecular weight is 498 g/mol. The van der Waals surface area contributed by atoms with Crippen LogP contribution in [0.1, 0.15) is 19.4 Å². The van der Waals surface area contributed by atoms with Crippen LogP contribution in [0, 0.1) is 0 Å². The summed E-state index contributed by atoms with van der Waals surface area (Å²) in [4.78, 5) is 6.92. The first-order chi connectivity index (χ1) is 11.3. The van der Waals surface area contributed by atoms with Crippen LogP contribution in [0.4, 0.5) is 0 Å². The second-order valence-corrected chi connectivity index (χ2v) is 9.97. The Balaban J connectivity index is 0.00000312. The van der Waals surface area contributed by atoms with Gasteiger partial charge in [-0.05, 0) is 38.6 Å². The largest absolute Gasteiger partial charge is 0.352 e. The van der Waals surface area contributed by atoms with Crippen molar-refractivity contribution in [2.75, 3.05) is 32.9 Å². The monoisotopic (exact) mass is 498 g/mol. The molecule has 1 aromatic carbocycles. The van der Waals surface area contributed by atoms with Gasteiger partial charge in [-0.25, -0.2) is 13.1 Å². The Morgan fingerprint density at radius 2 is 1.96 bits per heavy atom. The lowest BCUT2D eigenvalue weighted by Gasteiger charge is -2.39. The highest BCUT2D eigenvalue weighted by molar-refractivity contribution is 14.0. The molecule has 1 aliphatic rings. The van der Waals surface area contributed by atoms with Crippen molar-refractivity contribution < 1.29 is 8.42 Å². The molecule has 6 nitrogen and oxygen atoms in total. The summed E-state index contributed by atoms with van der Waals surface area (Å²) in [6.45, 7) is 7.04. The molecular weight excluding hydrogens is 471 g/mol. The van der Waals surface area contributed by atoms with E-state index in [4.69, 9.17) is 0 Å². The molecule has 25 heavy (non-hydrogen) atoms. The molecule has 0 bridgehead atoms. The summed E-state index contributed by atoms with van der Waals surface area (Å²) in [7, 11) is -0.184. The van der Waals surface area contributed by atoms with Gasteiger partial charge in [0, 0.05) is 37.2 Å². The molecule has 0 radical (unpaired) electrons. The van der Waals surface area contributed by atoms with Crippen LogP contribution >= 0.6 is 35.7 Å². The van der Waals surface area contributed by atoms with Crippen LogP contribution in [0.3, 0.4) is 0 Å². The van der Waals surface area contributed by atoms with E-state index in [-0.39, 0.29) is 33.6 Å². The number of hydrogen-bond acceptors (Lipinski definition) is 4. The Hall–Kier alpha value is -0.520. The molecule has 1 aromatic rings. The van der Waals surface area contributed by atoms with E-state index in [0.29, 0.717) is 6.54 Å². The zero-order valence-corrected chi connectivity index (χ0v) is 19.0. The van der Waals surface area contributed by atoms with Crippen molar-refractivity contribution in [2.45, 2.75) is 30.0 Å². The number of nitrogens with zero attached hydrogens (tertiary/aromatic N) is 2. The van der Waals surface area contributed by atoms with E-state index in [1.165, 1.54) is 7.05 Å². The summed E-state index contributed by atoms with van der Waals surface area (Å²) in [6.07, 6.45) is 0. The zero-order chi connectivity index (χ0) is 17.8. The van der Waals surface area contributed by atoms with Crippen LogP contribution in [0.25, 0.3) is 0 Å².